The summed E-state index contributed by atoms with van der Waals surface area (Å²) in [6.07, 6.45) is 0.238. The lowest BCUT2D eigenvalue weighted by Gasteiger charge is -2.23. The van der Waals surface area contributed by atoms with Crippen LogP contribution >= 0.6 is 0 Å². The van der Waals surface area contributed by atoms with E-state index < -0.39 is 35.6 Å². The molecule has 0 spiro atoms. The summed E-state index contributed by atoms with van der Waals surface area (Å²) in [5.74, 6) is -2.12. The zero-order valence-electron chi connectivity index (χ0n) is 19.3. The maximum absolute atomic E-state index is 13.6. The van der Waals surface area contributed by atoms with Gasteiger partial charge in [0.1, 0.15) is 17.9 Å². The van der Waals surface area contributed by atoms with Crippen molar-refractivity contribution >= 4 is 39.3 Å². The molecule has 0 radical (unpaired) electrons. The topological polar surface area (TPSA) is 101 Å². The van der Waals surface area contributed by atoms with Crippen LogP contribution in [0.5, 0.6) is 0 Å². The Morgan fingerprint density at radius 1 is 0.800 bits per heavy atom. The Bertz CT molecular complexity index is 1370. The van der Waals surface area contributed by atoms with Gasteiger partial charge in [-0.3, -0.25) is 14.4 Å². The predicted molar refractivity (Wildman–Crippen MR) is 134 cm³/mol. The van der Waals surface area contributed by atoms with Gasteiger partial charge in [0.2, 0.25) is 17.7 Å². The summed E-state index contributed by atoms with van der Waals surface area (Å²) < 4.78 is 13.6. The molecule has 0 aliphatic carbocycles. The van der Waals surface area contributed by atoms with Gasteiger partial charge in [-0.1, -0.05) is 60.7 Å². The van der Waals surface area contributed by atoms with Crippen LogP contribution in [0.25, 0.3) is 21.5 Å². The Labute approximate surface area is 202 Å². The second-order valence-corrected chi connectivity index (χ2v) is 8.55. The molecule has 2 atom stereocenters. The molecule has 0 aromatic heterocycles. The first-order valence-corrected chi connectivity index (χ1v) is 11.3. The highest BCUT2D eigenvalue weighted by Crippen LogP contribution is 2.29. The molecule has 0 fully saturated rings. The molecule has 35 heavy (non-hydrogen) atoms. The van der Waals surface area contributed by atoms with Crippen LogP contribution in [0, 0.1) is 5.82 Å². The molecule has 178 valence electrons. The molecular formula is C28H26FN3O3. The number of halogens is 1. The standard InChI is InChI=1S/C28H26FN3O3/c1-17(33)31-26(14-18-7-6-10-21(29)13-18)28(35)32-25(27(30)34)16-24-22-11-4-2-8-19(22)15-20-9-3-5-12-23(20)24/h2-13,15,25-26H,14,16H2,1H3,(H2,30,34)(H,31,33)(H,32,35)/t25-,26-/m1/s1. The second kappa shape index (κ2) is 10.3. The van der Waals surface area contributed by atoms with E-state index in [-0.39, 0.29) is 12.8 Å². The van der Waals surface area contributed by atoms with Crippen molar-refractivity contribution in [1.29, 1.82) is 0 Å². The van der Waals surface area contributed by atoms with Crippen molar-refractivity contribution in [2.75, 3.05) is 0 Å². The molecular weight excluding hydrogens is 445 g/mol. The number of benzene rings is 4. The normalized spacial score (nSPS) is 12.7. The van der Waals surface area contributed by atoms with E-state index in [1.165, 1.54) is 25.1 Å². The first-order chi connectivity index (χ1) is 16.8. The number of hydrogen-bond acceptors (Lipinski definition) is 3. The Balaban J connectivity index is 1.64. The number of nitrogens with one attached hydrogen (secondary N) is 2. The van der Waals surface area contributed by atoms with Gasteiger partial charge in [-0.25, -0.2) is 4.39 Å². The first-order valence-electron chi connectivity index (χ1n) is 11.3. The van der Waals surface area contributed by atoms with E-state index in [4.69, 9.17) is 5.73 Å². The molecule has 0 saturated heterocycles. The van der Waals surface area contributed by atoms with E-state index in [2.05, 4.69) is 16.7 Å². The number of primary amides is 1. The lowest BCUT2D eigenvalue weighted by Crippen LogP contribution is -2.54. The van der Waals surface area contributed by atoms with E-state index >= 15 is 0 Å². The van der Waals surface area contributed by atoms with Crippen LogP contribution in [0.1, 0.15) is 18.1 Å². The molecule has 6 nitrogen and oxygen atoms in total. The fourth-order valence-corrected chi connectivity index (χ4v) is 4.38. The fourth-order valence-electron chi connectivity index (χ4n) is 4.38. The Hall–Kier alpha value is -4.26. The molecule has 0 heterocycles. The summed E-state index contributed by atoms with van der Waals surface area (Å²) in [6.45, 7) is 1.29. The summed E-state index contributed by atoms with van der Waals surface area (Å²) in [5.41, 5.74) is 7.13. The van der Waals surface area contributed by atoms with E-state index in [1.54, 1.807) is 6.07 Å². The number of fused-ring (bicyclic) bond motifs is 2. The molecule has 0 saturated carbocycles. The molecule has 4 rings (SSSR count). The van der Waals surface area contributed by atoms with Crippen LogP contribution in [0.4, 0.5) is 4.39 Å². The van der Waals surface area contributed by atoms with Crippen LogP contribution in [0.15, 0.2) is 78.9 Å². The van der Waals surface area contributed by atoms with Gasteiger partial charge in [-0.15, -0.1) is 0 Å². The molecule has 0 aliphatic heterocycles. The highest BCUT2D eigenvalue weighted by Gasteiger charge is 2.26. The summed E-state index contributed by atoms with van der Waals surface area (Å²) in [4.78, 5) is 37.4. The Kier molecular flexibility index (Phi) is 7.06. The van der Waals surface area contributed by atoms with Gasteiger partial charge in [-0.05, 0) is 50.9 Å². The zero-order chi connectivity index (χ0) is 24.9. The van der Waals surface area contributed by atoms with Gasteiger partial charge in [-0.2, -0.15) is 0 Å². The number of carbonyl (C=O) groups excluding carboxylic acids is 3. The highest BCUT2D eigenvalue weighted by atomic mass is 19.1. The number of carbonyl (C=O) groups is 3. The molecule has 4 aromatic rings. The number of rotatable bonds is 8. The van der Waals surface area contributed by atoms with Crippen molar-refractivity contribution in [3.63, 3.8) is 0 Å². The van der Waals surface area contributed by atoms with Crippen molar-refractivity contribution in [2.24, 2.45) is 5.73 Å². The monoisotopic (exact) mass is 471 g/mol. The van der Waals surface area contributed by atoms with Crippen LogP contribution in [-0.2, 0) is 27.2 Å². The summed E-state index contributed by atoms with van der Waals surface area (Å²) in [6, 6.07) is 21.5. The third kappa shape index (κ3) is 5.63. The van der Waals surface area contributed by atoms with Crippen molar-refractivity contribution in [3.05, 3.63) is 95.8 Å². The molecule has 4 aromatic carbocycles. The molecule has 3 amide bonds. The van der Waals surface area contributed by atoms with E-state index in [0.29, 0.717) is 5.56 Å². The van der Waals surface area contributed by atoms with E-state index in [9.17, 15) is 18.8 Å². The van der Waals surface area contributed by atoms with E-state index in [0.717, 1.165) is 27.1 Å². The zero-order valence-corrected chi connectivity index (χ0v) is 19.3. The molecule has 7 heteroatoms. The number of nitrogens with two attached hydrogens (primary N) is 1. The Morgan fingerprint density at radius 3 is 2.00 bits per heavy atom. The Morgan fingerprint density at radius 2 is 1.43 bits per heavy atom. The second-order valence-electron chi connectivity index (χ2n) is 8.55. The van der Waals surface area contributed by atoms with Crippen molar-refractivity contribution in [2.45, 2.75) is 31.8 Å². The smallest absolute Gasteiger partial charge is 0.243 e. The molecule has 4 N–H and O–H groups in total. The van der Waals surface area contributed by atoms with Gasteiger partial charge < -0.3 is 16.4 Å². The summed E-state index contributed by atoms with van der Waals surface area (Å²) in [5, 5.41) is 9.25. The maximum Gasteiger partial charge on any atom is 0.243 e. The van der Waals surface area contributed by atoms with Gasteiger partial charge in [0.25, 0.3) is 0 Å². The average Bonchev–Trinajstić information content (AvgIpc) is 2.82. The number of hydrogen-bond donors (Lipinski definition) is 3. The van der Waals surface area contributed by atoms with Crippen LogP contribution in [-0.4, -0.2) is 29.8 Å². The van der Waals surface area contributed by atoms with Crippen LogP contribution in [0.2, 0.25) is 0 Å². The van der Waals surface area contributed by atoms with Gasteiger partial charge in [0, 0.05) is 19.8 Å². The molecule has 0 aliphatic rings. The minimum atomic E-state index is -1.01. The van der Waals surface area contributed by atoms with Gasteiger partial charge >= 0.3 is 0 Å². The van der Waals surface area contributed by atoms with Crippen molar-refractivity contribution in [3.8, 4) is 0 Å². The van der Waals surface area contributed by atoms with Crippen molar-refractivity contribution < 1.29 is 18.8 Å². The SMILES string of the molecule is CC(=O)N[C@H](Cc1cccc(F)c1)C(=O)N[C@H](Cc1c2ccccc2cc2ccccc12)C(N)=O. The maximum atomic E-state index is 13.6. The largest absolute Gasteiger partial charge is 0.368 e. The fraction of sp³-hybridized carbons (Fsp3) is 0.179. The van der Waals surface area contributed by atoms with Gasteiger partial charge in [0.05, 0.1) is 0 Å². The highest BCUT2D eigenvalue weighted by molar-refractivity contribution is 6.03. The summed E-state index contributed by atoms with van der Waals surface area (Å²) >= 11 is 0. The molecule has 0 bridgehead atoms. The summed E-state index contributed by atoms with van der Waals surface area (Å²) in [7, 11) is 0. The third-order valence-electron chi connectivity index (χ3n) is 5.97. The van der Waals surface area contributed by atoms with Gasteiger partial charge in [0.15, 0.2) is 0 Å². The quantitative estimate of drug-likeness (QED) is 0.343. The van der Waals surface area contributed by atoms with Crippen molar-refractivity contribution in [1.82, 2.24) is 10.6 Å². The lowest BCUT2D eigenvalue weighted by atomic mass is 9.92. The first kappa shape index (κ1) is 23.9. The minimum absolute atomic E-state index is 0.0614. The third-order valence-corrected chi connectivity index (χ3v) is 5.97. The number of amides is 3. The van der Waals surface area contributed by atoms with Crippen LogP contribution < -0.4 is 16.4 Å². The predicted octanol–water partition coefficient (Wildman–Crippen LogP) is 3.39. The van der Waals surface area contributed by atoms with Crippen LogP contribution in [0.3, 0.4) is 0 Å². The van der Waals surface area contributed by atoms with E-state index in [1.807, 2.05) is 48.5 Å². The lowest BCUT2D eigenvalue weighted by molar-refractivity contribution is -0.130. The molecule has 0 unspecified atom stereocenters. The average molecular weight is 472 g/mol. The minimum Gasteiger partial charge on any atom is -0.368 e.